The number of ether oxygens (including phenoxy) is 1. The van der Waals surface area contributed by atoms with Crippen LogP contribution in [0.1, 0.15) is 32.4 Å². The van der Waals surface area contributed by atoms with Crippen molar-refractivity contribution in [3.05, 3.63) is 30.5 Å². The normalized spacial score (nSPS) is 21.3. The number of amides is 1. The predicted molar refractivity (Wildman–Crippen MR) is 77.6 cm³/mol. The van der Waals surface area contributed by atoms with Crippen molar-refractivity contribution in [3.63, 3.8) is 0 Å². The molecule has 2 aromatic heterocycles. The minimum Gasteiger partial charge on any atom is -0.376 e. The Morgan fingerprint density at radius 1 is 1.52 bits per heavy atom. The van der Waals surface area contributed by atoms with Crippen LogP contribution in [-0.2, 0) is 16.1 Å². The van der Waals surface area contributed by atoms with Gasteiger partial charge in [-0.3, -0.25) is 14.2 Å². The van der Waals surface area contributed by atoms with Gasteiger partial charge in [0.05, 0.1) is 30.2 Å². The molecule has 1 aliphatic rings. The lowest BCUT2D eigenvalue weighted by Crippen LogP contribution is -2.41. The predicted octanol–water partition coefficient (Wildman–Crippen LogP) is 1.55. The summed E-state index contributed by atoms with van der Waals surface area (Å²) in [6.07, 6.45) is 8.57. The Labute approximate surface area is 123 Å². The fourth-order valence-corrected chi connectivity index (χ4v) is 2.80. The molecule has 0 saturated carbocycles. The van der Waals surface area contributed by atoms with E-state index < -0.39 is 0 Å². The summed E-state index contributed by atoms with van der Waals surface area (Å²) in [5.41, 5.74) is 1.52. The van der Waals surface area contributed by atoms with Crippen molar-refractivity contribution in [1.82, 2.24) is 19.7 Å². The van der Waals surface area contributed by atoms with Gasteiger partial charge in [0.1, 0.15) is 0 Å². The monoisotopic (exact) mass is 288 g/mol. The number of nitrogens with one attached hydrogen (secondary N) is 1. The van der Waals surface area contributed by atoms with Crippen molar-refractivity contribution in [2.75, 3.05) is 6.61 Å². The van der Waals surface area contributed by atoms with Gasteiger partial charge in [-0.05, 0) is 26.7 Å². The summed E-state index contributed by atoms with van der Waals surface area (Å²) >= 11 is 0. The van der Waals surface area contributed by atoms with Crippen LogP contribution in [0.5, 0.6) is 0 Å². The Hall–Kier alpha value is -1.95. The SMILES string of the molecule is CC1(C)C[C@H](C(=O)NCc2cnc3cnccn23)CCO1. The van der Waals surface area contributed by atoms with Crippen molar-refractivity contribution in [2.24, 2.45) is 5.92 Å². The molecule has 0 radical (unpaired) electrons. The van der Waals surface area contributed by atoms with Crippen molar-refractivity contribution >= 4 is 11.6 Å². The first-order valence-corrected chi connectivity index (χ1v) is 7.23. The molecule has 0 aliphatic carbocycles. The lowest BCUT2D eigenvalue weighted by atomic mass is 9.88. The first-order chi connectivity index (χ1) is 10.1. The summed E-state index contributed by atoms with van der Waals surface area (Å²) in [5, 5.41) is 3.01. The molecule has 3 heterocycles. The zero-order valence-corrected chi connectivity index (χ0v) is 12.4. The number of hydrogen-bond acceptors (Lipinski definition) is 4. The lowest BCUT2D eigenvalue weighted by molar-refractivity contribution is -0.135. The fraction of sp³-hybridized carbons (Fsp3) is 0.533. The summed E-state index contributed by atoms with van der Waals surface area (Å²) in [7, 11) is 0. The van der Waals surface area contributed by atoms with Gasteiger partial charge in [0.25, 0.3) is 0 Å². The number of rotatable bonds is 3. The minimum atomic E-state index is -0.213. The third kappa shape index (κ3) is 3.05. The number of aromatic nitrogens is 3. The van der Waals surface area contributed by atoms with Crippen LogP contribution in [-0.4, -0.2) is 32.5 Å². The van der Waals surface area contributed by atoms with E-state index in [0.717, 1.165) is 24.2 Å². The molecule has 0 unspecified atom stereocenters. The number of fused-ring (bicyclic) bond motifs is 1. The van der Waals surface area contributed by atoms with Gasteiger partial charge < -0.3 is 10.1 Å². The Bertz CT molecular complexity index is 650. The highest BCUT2D eigenvalue weighted by Crippen LogP contribution is 2.28. The highest BCUT2D eigenvalue weighted by atomic mass is 16.5. The van der Waals surface area contributed by atoms with E-state index in [1.165, 1.54) is 0 Å². The molecule has 6 heteroatoms. The summed E-state index contributed by atoms with van der Waals surface area (Å²) in [6, 6.07) is 0. The number of carbonyl (C=O) groups is 1. The van der Waals surface area contributed by atoms with E-state index in [-0.39, 0.29) is 17.4 Å². The summed E-state index contributed by atoms with van der Waals surface area (Å²) in [4.78, 5) is 20.6. The molecule has 3 rings (SSSR count). The summed E-state index contributed by atoms with van der Waals surface area (Å²) < 4.78 is 7.58. The minimum absolute atomic E-state index is 0.0228. The van der Waals surface area contributed by atoms with E-state index in [1.54, 1.807) is 18.6 Å². The molecule has 1 saturated heterocycles. The summed E-state index contributed by atoms with van der Waals surface area (Å²) in [5.74, 6) is 0.116. The average Bonchev–Trinajstić information content (AvgIpc) is 2.87. The van der Waals surface area contributed by atoms with E-state index >= 15 is 0 Å². The van der Waals surface area contributed by atoms with Crippen LogP contribution in [0.4, 0.5) is 0 Å². The Morgan fingerprint density at radius 2 is 2.38 bits per heavy atom. The van der Waals surface area contributed by atoms with Crippen LogP contribution in [0.2, 0.25) is 0 Å². The second-order valence-corrected chi connectivity index (χ2v) is 6.07. The molecule has 0 aromatic carbocycles. The zero-order valence-electron chi connectivity index (χ0n) is 12.4. The lowest BCUT2D eigenvalue weighted by Gasteiger charge is -2.34. The van der Waals surface area contributed by atoms with Crippen molar-refractivity contribution in [3.8, 4) is 0 Å². The highest BCUT2D eigenvalue weighted by molar-refractivity contribution is 5.78. The fourth-order valence-electron chi connectivity index (χ4n) is 2.80. The standard InChI is InChI=1S/C15H20N4O2/c1-15(2)7-11(3-6-21-15)14(20)18-9-12-8-17-13-10-16-4-5-19(12)13/h4-5,8,10-11H,3,6-7,9H2,1-2H3,(H,18,20)/t11-/m1/s1. The third-order valence-corrected chi connectivity index (χ3v) is 3.91. The van der Waals surface area contributed by atoms with Crippen LogP contribution < -0.4 is 5.32 Å². The second-order valence-electron chi connectivity index (χ2n) is 6.07. The first kappa shape index (κ1) is 14.0. The highest BCUT2D eigenvalue weighted by Gasteiger charge is 2.32. The molecule has 1 amide bonds. The molecule has 1 aliphatic heterocycles. The van der Waals surface area contributed by atoms with Gasteiger partial charge in [0.15, 0.2) is 5.65 Å². The molecule has 1 N–H and O–H groups in total. The Kier molecular flexibility index (Phi) is 3.63. The molecule has 2 aromatic rings. The molecule has 6 nitrogen and oxygen atoms in total. The number of imidazole rings is 1. The second kappa shape index (κ2) is 5.44. The van der Waals surface area contributed by atoms with Crippen molar-refractivity contribution in [1.29, 1.82) is 0 Å². The van der Waals surface area contributed by atoms with Crippen molar-refractivity contribution < 1.29 is 9.53 Å². The molecule has 21 heavy (non-hydrogen) atoms. The van der Waals surface area contributed by atoms with Gasteiger partial charge >= 0.3 is 0 Å². The Balaban J connectivity index is 1.63. The van der Waals surface area contributed by atoms with Gasteiger partial charge in [-0.2, -0.15) is 0 Å². The summed E-state index contributed by atoms with van der Waals surface area (Å²) in [6.45, 7) is 5.18. The molecular weight excluding hydrogens is 268 g/mol. The maximum Gasteiger partial charge on any atom is 0.223 e. The van der Waals surface area contributed by atoms with Crippen LogP contribution in [0.15, 0.2) is 24.8 Å². The van der Waals surface area contributed by atoms with Gasteiger partial charge in [0, 0.05) is 24.9 Å². The smallest absolute Gasteiger partial charge is 0.223 e. The van der Waals surface area contributed by atoms with Gasteiger partial charge in [-0.15, -0.1) is 0 Å². The third-order valence-electron chi connectivity index (χ3n) is 3.91. The molecule has 1 fully saturated rings. The molecule has 0 bridgehead atoms. The molecular formula is C15H20N4O2. The quantitative estimate of drug-likeness (QED) is 0.930. The van der Waals surface area contributed by atoms with Gasteiger partial charge in [-0.25, -0.2) is 4.98 Å². The molecule has 112 valence electrons. The Morgan fingerprint density at radius 3 is 3.19 bits per heavy atom. The van der Waals surface area contributed by atoms with Crippen LogP contribution in [0, 0.1) is 5.92 Å². The maximum absolute atomic E-state index is 12.3. The van der Waals surface area contributed by atoms with Crippen LogP contribution in [0.3, 0.4) is 0 Å². The maximum atomic E-state index is 12.3. The molecule has 1 atom stereocenters. The van der Waals surface area contributed by atoms with Gasteiger partial charge in [0.2, 0.25) is 5.91 Å². The van der Waals surface area contributed by atoms with Crippen LogP contribution >= 0.6 is 0 Å². The zero-order chi connectivity index (χ0) is 14.9. The number of carbonyl (C=O) groups excluding carboxylic acids is 1. The van der Waals surface area contributed by atoms with E-state index in [4.69, 9.17) is 4.74 Å². The van der Waals surface area contributed by atoms with E-state index in [9.17, 15) is 4.79 Å². The van der Waals surface area contributed by atoms with E-state index in [0.29, 0.717) is 13.2 Å². The van der Waals surface area contributed by atoms with E-state index in [1.807, 2.05) is 24.4 Å². The van der Waals surface area contributed by atoms with Gasteiger partial charge in [-0.1, -0.05) is 0 Å². The van der Waals surface area contributed by atoms with Crippen molar-refractivity contribution in [2.45, 2.75) is 38.8 Å². The van der Waals surface area contributed by atoms with Crippen LogP contribution in [0.25, 0.3) is 5.65 Å². The largest absolute Gasteiger partial charge is 0.376 e. The topological polar surface area (TPSA) is 68.5 Å². The average molecular weight is 288 g/mol. The first-order valence-electron chi connectivity index (χ1n) is 7.23. The molecule has 0 spiro atoms. The number of nitrogens with zero attached hydrogens (tertiary/aromatic N) is 3. The van der Waals surface area contributed by atoms with E-state index in [2.05, 4.69) is 15.3 Å². The number of hydrogen-bond donors (Lipinski definition) is 1.